The van der Waals surface area contributed by atoms with Gasteiger partial charge < -0.3 is 14.7 Å². The number of β-amino-alcohol motifs (C(OH)–C–C–N with tert-alkyl or cyclic N) is 1. The van der Waals surface area contributed by atoms with Crippen LogP contribution in [0.5, 0.6) is 0 Å². The number of nitrogens with zero attached hydrogens (tertiary/aromatic N) is 2. The van der Waals surface area contributed by atoms with Gasteiger partial charge in [-0.05, 0) is 19.2 Å². The molecule has 1 N–H and O–H groups in total. The highest BCUT2D eigenvalue weighted by atomic mass is 32.2. The maximum atomic E-state index is 10.2. The summed E-state index contributed by atoms with van der Waals surface area (Å²) in [6, 6.07) is 10.4. The molecule has 0 radical (unpaired) electrons. The van der Waals surface area contributed by atoms with Crippen LogP contribution in [0.4, 0.5) is 0 Å². The van der Waals surface area contributed by atoms with E-state index in [4.69, 9.17) is 4.74 Å². The molecular formula is C16H26N2O2S. The van der Waals surface area contributed by atoms with E-state index in [0.29, 0.717) is 0 Å². The first-order valence-corrected chi connectivity index (χ1v) is 8.57. The number of likely N-dealkylation sites (N-methyl/N-ethyl adjacent to an activating group) is 1. The molecule has 1 aromatic carbocycles. The molecule has 1 aromatic rings. The van der Waals surface area contributed by atoms with Crippen LogP contribution in [0.2, 0.25) is 0 Å². The number of thioether (sulfide) groups is 1. The van der Waals surface area contributed by atoms with Crippen molar-refractivity contribution in [2.75, 3.05) is 58.7 Å². The van der Waals surface area contributed by atoms with Crippen LogP contribution in [0.25, 0.3) is 0 Å². The number of hydrogen-bond donors (Lipinski definition) is 1. The fraction of sp³-hybridized carbons (Fsp3) is 0.625. The van der Waals surface area contributed by atoms with Crippen LogP contribution in [-0.2, 0) is 4.74 Å². The maximum Gasteiger partial charge on any atom is 0.0793 e. The molecule has 1 heterocycles. The lowest BCUT2D eigenvalue weighted by Crippen LogP contribution is -2.44. The molecule has 118 valence electrons. The third-order valence-electron chi connectivity index (χ3n) is 3.58. The van der Waals surface area contributed by atoms with Crippen molar-refractivity contribution in [1.29, 1.82) is 0 Å². The van der Waals surface area contributed by atoms with Crippen molar-refractivity contribution in [3.63, 3.8) is 0 Å². The van der Waals surface area contributed by atoms with Crippen molar-refractivity contribution in [2.45, 2.75) is 11.0 Å². The second-order valence-corrected chi connectivity index (χ2v) is 6.66. The standard InChI is InChI=1S/C16H26N2O2S/c1-17(9-12-21-16-5-3-2-4-6-16)13-15(19)14-18-7-10-20-11-8-18/h2-6,15,19H,7-14H2,1H3. The van der Waals surface area contributed by atoms with Gasteiger partial charge in [-0.1, -0.05) is 18.2 Å². The largest absolute Gasteiger partial charge is 0.390 e. The van der Waals surface area contributed by atoms with E-state index < -0.39 is 0 Å². The smallest absolute Gasteiger partial charge is 0.0793 e. The average molecular weight is 310 g/mol. The van der Waals surface area contributed by atoms with Gasteiger partial charge in [-0.3, -0.25) is 4.90 Å². The molecule has 1 saturated heterocycles. The Morgan fingerprint density at radius 2 is 2.00 bits per heavy atom. The molecule has 1 aliphatic heterocycles. The van der Waals surface area contributed by atoms with Gasteiger partial charge in [-0.25, -0.2) is 0 Å². The zero-order valence-electron chi connectivity index (χ0n) is 12.8. The molecule has 1 aliphatic rings. The second kappa shape index (κ2) is 9.43. The normalized spacial score (nSPS) is 18.0. The number of aliphatic hydroxyl groups is 1. The van der Waals surface area contributed by atoms with Crippen molar-refractivity contribution >= 4 is 11.8 Å². The molecule has 4 nitrogen and oxygen atoms in total. The molecule has 2 rings (SSSR count). The van der Waals surface area contributed by atoms with Crippen LogP contribution < -0.4 is 0 Å². The van der Waals surface area contributed by atoms with Crippen molar-refractivity contribution in [1.82, 2.24) is 9.80 Å². The van der Waals surface area contributed by atoms with Gasteiger partial charge in [-0.2, -0.15) is 0 Å². The first-order chi connectivity index (χ1) is 10.2. The molecule has 1 atom stereocenters. The lowest BCUT2D eigenvalue weighted by Gasteiger charge is -2.30. The van der Waals surface area contributed by atoms with E-state index in [2.05, 4.69) is 41.1 Å². The summed E-state index contributed by atoms with van der Waals surface area (Å²) in [6.07, 6.45) is -0.283. The Hall–Kier alpha value is -0.590. The molecule has 21 heavy (non-hydrogen) atoms. The van der Waals surface area contributed by atoms with Gasteiger partial charge in [0.15, 0.2) is 0 Å². The van der Waals surface area contributed by atoms with Crippen LogP contribution >= 0.6 is 11.8 Å². The van der Waals surface area contributed by atoms with Crippen molar-refractivity contribution in [2.24, 2.45) is 0 Å². The molecule has 5 heteroatoms. The summed E-state index contributed by atoms with van der Waals surface area (Å²) < 4.78 is 5.32. The predicted molar refractivity (Wildman–Crippen MR) is 87.9 cm³/mol. The third-order valence-corrected chi connectivity index (χ3v) is 4.57. The Morgan fingerprint density at radius 1 is 1.29 bits per heavy atom. The minimum absolute atomic E-state index is 0.283. The molecule has 0 aliphatic carbocycles. The van der Waals surface area contributed by atoms with Crippen molar-refractivity contribution in [3.8, 4) is 0 Å². The number of rotatable bonds is 8. The summed E-state index contributed by atoms with van der Waals surface area (Å²) in [7, 11) is 2.08. The Bertz CT molecular complexity index is 385. The van der Waals surface area contributed by atoms with Gasteiger partial charge in [0.2, 0.25) is 0 Å². The number of morpholine rings is 1. The molecule has 0 aromatic heterocycles. The van der Waals surface area contributed by atoms with Crippen LogP contribution in [-0.4, -0.2) is 79.7 Å². The zero-order chi connectivity index (χ0) is 14.9. The van der Waals surface area contributed by atoms with E-state index >= 15 is 0 Å². The first-order valence-electron chi connectivity index (χ1n) is 7.58. The minimum Gasteiger partial charge on any atom is -0.390 e. The highest BCUT2D eigenvalue weighted by molar-refractivity contribution is 7.99. The second-order valence-electron chi connectivity index (χ2n) is 5.49. The lowest BCUT2D eigenvalue weighted by atomic mass is 10.3. The molecule has 0 saturated carbocycles. The predicted octanol–water partition coefficient (Wildman–Crippen LogP) is 1.40. The topological polar surface area (TPSA) is 35.9 Å². The summed E-state index contributed by atoms with van der Waals surface area (Å²) in [5.41, 5.74) is 0. The van der Waals surface area contributed by atoms with E-state index in [0.717, 1.165) is 51.7 Å². The molecule has 1 unspecified atom stereocenters. The van der Waals surface area contributed by atoms with E-state index in [1.165, 1.54) is 4.90 Å². The van der Waals surface area contributed by atoms with Gasteiger partial charge in [0.1, 0.15) is 0 Å². The highest BCUT2D eigenvalue weighted by Gasteiger charge is 2.15. The number of aliphatic hydroxyl groups excluding tert-OH is 1. The minimum atomic E-state index is -0.283. The quantitative estimate of drug-likeness (QED) is 0.735. The fourth-order valence-electron chi connectivity index (χ4n) is 2.43. The molecule has 0 amide bonds. The maximum absolute atomic E-state index is 10.2. The Morgan fingerprint density at radius 3 is 2.71 bits per heavy atom. The first kappa shape index (κ1) is 16.8. The Balaban J connectivity index is 1.58. The summed E-state index contributed by atoms with van der Waals surface area (Å²) >= 11 is 1.86. The Labute approximate surface area is 132 Å². The van der Waals surface area contributed by atoms with Gasteiger partial charge in [0.25, 0.3) is 0 Å². The van der Waals surface area contributed by atoms with E-state index in [1.54, 1.807) is 0 Å². The van der Waals surface area contributed by atoms with E-state index in [1.807, 2.05) is 17.8 Å². The summed E-state index contributed by atoms with van der Waals surface area (Å²) in [4.78, 5) is 5.79. The number of hydrogen-bond acceptors (Lipinski definition) is 5. The van der Waals surface area contributed by atoms with Crippen LogP contribution in [0.15, 0.2) is 35.2 Å². The number of benzene rings is 1. The Kier molecular flexibility index (Phi) is 7.53. The van der Waals surface area contributed by atoms with E-state index in [-0.39, 0.29) is 6.10 Å². The monoisotopic (exact) mass is 310 g/mol. The summed E-state index contributed by atoms with van der Waals surface area (Å²) in [5.74, 6) is 1.05. The molecule has 0 bridgehead atoms. The molecule has 1 fully saturated rings. The lowest BCUT2D eigenvalue weighted by molar-refractivity contribution is 0.00907. The van der Waals surface area contributed by atoms with Crippen LogP contribution in [0, 0.1) is 0 Å². The van der Waals surface area contributed by atoms with Crippen LogP contribution in [0.3, 0.4) is 0 Å². The summed E-state index contributed by atoms with van der Waals surface area (Å²) in [5, 5.41) is 10.2. The van der Waals surface area contributed by atoms with Crippen molar-refractivity contribution < 1.29 is 9.84 Å². The fourth-order valence-corrected chi connectivity index (χ4v) is 3.41. The zero-order valence-corrected chi connectivity index (χ0v) is 13.6. The third kappa shape index (κ3) is 6.80. The van der Waals surface area contributed by atoms with Gasteiger partial charge in [-0.15, -0.1) is 11.8 Å². The number of ether oxygens (including phenoxy) is 1. The van der Waals surface area contributed by atoms with Gasteiger partial charge >= 0.3 is 0 Å². The summed E-state index contributed by atoms with van der Waals surface area (Å²) in [6.45, 7) is 5.91. The molecular weight excluding hydrogens is 284 g/mol. The average Bonchev–Trinajstić information content (AvgIpc) is 2.49. The van der Waals surface area contributed by atoms with Gasteiger partial charge in [0.05, 0.1) is 19.3 Å². The van der Waals surface area contributed by atoms with Crippen LogP contribution in [0.1, 0.15) is 0 Å². The molecule has 0 spiro atoms. The highest BCUT2D eigenvalue weighted by Crippen LogP contribution is 2.16. The van der Waals surface area contributed by atoms with Crippen molar-refractivity contribution in [3.05, 3.63) is 30.3 Å². The van der Waals surface area contributed by atoms with Gasteiger partial charge in [0, 0.05) is 43.4 Å². The SMILES string of the molecule is CN(CCSc1ccccc1)CC(O)CN1CCOCC1. The van der Waals surface area contributed by atoms with E-state index in [9.17, 15) is 5.11 Å².